The zero-order valence-corrected chi connectivity index (χ0v) is 23.0. The van der Waals surface area contributed by atoms with Gasteiger partial charge in [0.2, 0.25) is 5.89 Å². The number of oxazole rings is 1. The van der Waals surface area contributed by atoms with E-state index in [0.717, 1.165) is 16.8 Å². The van der Waals surface area contributed by atoms with Crippen molar-refractivity contribution in [3.8, 4) is 11.3 Å². The fourth-order valence-electron chi connectivity index (χ4n) is 3.69. The summed E-state index contributed by atoms with van der Waals surface area (Å²) in [5.41, 5.74) is -1.08. The average molecular weight is 641 g/mol. The second-order valence-corrected chi connectivity index (χ2v) is 12.8. The van der Waals surface area contributed by atoms with Gasteiger partial charge in [-0.2, -0.15) is 8.62 Å². The zero-order valence-electron chi connectivity index (χ0n) is 20.3. The predicted molar refractivity (Wildman–Crippen MR) is 132 cm³/mol. The van der Waals surface area contributed by atoms with Crippen molar-refractivity contribution in [2.24, 2.45) is 0 Å². The lowest BCUT2D eigenvalue weighted by molar-refractivity contribution is -0.0547. The summed E-state index contributed by atoms with van der Waals surface area (Å²) in [6.45, 7) is -1.50. The molecular formula is C19H22N3O16P3. The summed E-state index contributed by atoms with van der Waals surface area (Å²) >= 11 is 0. The van der Waals surface area contributed by atoms with Gasteiger partial charge in [0.1, 0.15) is 24.9 Å². The first-order valence-corrected chi connectivity index (χ1v) is 15.7. The smallest absolute Gasteiger partial charge is 0.439 e. The third-order valence-electron chi connectivity index (χ3n) is 5.43. The van der Waals surface area contributed by atoms with Gasteiger partial charge >= 0.3 is 29.2 Å². The van der Waals surface area contributed by atoms with Gasteiger partial charge in [0.15, 0.2) is 12.0 Å². The Morgan fingerprint density at radius 2 is 1.61 bits per heavy atom. The average Bonchev–Trinajstić information content (AvgIpc) is 3.44. The second-order valence-electron chi connectivity index (χ2n) is 8.35. The third-order valence-corrected chi connectivity index (χ3v) is 9.23. The highest BCUT2D eigenvalue weighted by Crippen LogP contribution is 2.66. The van der Waals surface area contributed by atoms with Crippen molar-refractivity contribution in [3.05, 3.63) is 75.5 Å². The lowest BCUT2D eigenvalue weighted by Gasteiger charge is -2.19. The van der Waals surface area contributed by atoms with Crippen LogP contribution in [0.2, 0.25) is 0 Å². The van der Waals surface area contributed by atoms with Crippen molar-refractivity contribution < 1.29 is 65.8 Å². The molecule has 0 amide bonds. The van der Waals surface area contributed by atoms with Crippen LogP contribution in [-0.4, -0.2) is 68.8 Å². The van der Waals surface area contributed by atoms with E-state index in [4.69, 9.17) is 18.9 Å². The Hall–Kier alpha value is -2.60. The van der Waals surface area contributed by atoms with Crippen LogP contribution >= 0.6 is 23.5 Å². The first kappa shape index (κ1) is 31.3. The number of phosphoric ester groups is 1. The summed E-state index contributed by atoms with van der Waals surface area (Å²) in [6, 6.07) is 9.83. The molecular weight excluding hydrogens is 619 g/mol. The molecule has 2 aromatic heterocycles. The topological polar surface area (TPSA) is 280 Å². The monoisotopic (exact) mass is 641 g/mol. The minimum Gasteiger partial charge on any atom is -0.439 e. The summed E-state index contributed by atoms with van der Waals surface area (Å²) in [6.07, 6.45) is -4.63. The van der Waals surface area contributed by atoms with Crippen LogP contribution in [0, 0.1) is 0 Å². The van der Waals surface area contributed by atoms with Gasteiger partial charge in [0.25, 0.3) is 5.56 Å². The number of rotatable bonds is 11. The number of aliphatic hydroxyl groups is 2. The molecule has 4 unspecified atom stereocenters. The van der Waals surface area contributed by atoms with Crippen LogP contribution in [0.3, 0.4) is 0 Å². The molecule has 6 N–H and O–H groups in total. The third kappa shape index (κ3) is 7.82. The number of aromatic nitrogens is 3. The molecule has 3 heterocycles. The molecule has 0 spiro atoms. The molecule has 1 fully saturated rings. The number of benzene rings is 1. The Morgan fingerprint density at radius 3 is 2.27 bits per heavy atom. The minimum atomic E-state index is -5.79. The van der Waals surface area contributed by atoms with Crippen LogP contribution < -0.4 is 11.2 Å². The summed E-state index contributed by atoms with van der Waals surface area (Å²) in [5, 5.41) is 20.8. The summed E-state index contributed by atoms with van der Waals surface area (Å²) in [5.74, 6) is 0.379. The van der Waals surface area contributed by atoms with Crippen LogP contribution in [0.4, 0.5) is 0 Å². The van der Waals surface area contributed by atoms with E-state index < -0.39 is 72.4 Å². The lowest BCUT2D eigenvalue weighted by atomic mass is 10.1. The van der Waals surface area contributed by atoms with Crippen molar-refractivity contribution in [1.82, 2.24) is 14.1 Å². The predicted octanol–water partition coefficient (Wildman–Crippen LogP) is -0.324. The minimum absolute atomic E-state index is 0.00241. The second kappa shape index (κ2) is 11.9. The molecule has 1 aromatic carbocycles. The quantitative estimate of drug-likeness (QED) is 0.146. The van der Waals surface area contributed by atoms with Gasteiger partial charge in [0, 0.05) is 17.8 Å². The molecule has 224 valence electrons. The van der Waals surface area contributed by atoms with Crippen molar-refractivity contribution in [2.75, 3.05) is 6.61 Å². The molecule has 3 aromatic rings. The fraction of sp³-hybridized carbons (Fsp3) is 0.316. The van der Waals surface area contributed by atoms with Crippen LogP contribution in [-0.2, 0) is 38.1 Å². The van der Waals surface area contributed by atoms with E-state index in [1.807, 2.05) is 0 Å². The first-order valence-electron chi connectivity index (χ1n) is 11.2. The molecule has 6 atom stereocenters. The number of nitrogens with zero attached hydrogens (tertiary/aromatic N) is 3. The Kier molecular flexibility index (Phi) is 9.13. The van der Waals surface area contributed by atoms with Gasteiger partial charge in [-0.15, -0.1) is 0 Å². The van der Waals surface area contributed by atoms with Gasteiger partial charge < -0.3 is 38.9 Å². The van der Waals surface area contributed by atoms with Crippen molar-refractivity contribution in [3.63, 3.8) is 0 Å². The van der Waals surface area contributed by atoms with E-state index in [1.165, 1.54) is 6.20 Å². The van der Waals surface area contributed by atoms with Crippen LogP contribution in [0.25, 0.3) is 11.3 Å². The SMILES string of the molecule is O=c1ccn([C@@H]2O[C@H](COP(=O)(O)OP(=O)(O)OP(=O)(O)O)C(O)C2O)c(=O)n1Cc1ncc(-c2ccccc2)o1. The molecule has 0 saturated carbocycles. The standard InChI is InChI=1S/C19H22N3O16P3/c23-15-6-7-21(19(26)22(15)9-14-20-8-12(35-14)11-4-2-1-3-5-11)18-17(25)16(24)13(36-18)10-34-40(30,31)38-41(32,33)37-39(27,28)29/h1-8,13,16-18,24-25H,9-10H2,(H,30,31)(H,32,33)(H2,27,28,29)/t13-,16?,17?,18-/m1/s1. The van der Waals surface area contributed by atoms with E-state index in [2.05, 4.69) is 18.1 Å². The van der Waals surface area contributed by atoms with E-state index in [1.54, 1.807) is 30.3 Å². The van der Waals surface area contributed by atoms with E-state index in [9.17, 15) is 43.3 Å². The van der Waals surface area contributed by atoms with Crippen LogP contribution in [0.5, 0.6) is 0 Å². The Morgan fingerprint density at radius 1 is 0.927 bits per heavy atom. The van der Waals surface area contributed by atoms with Crippen molar-refractivity contribution in [1.29, 1.82) is 0 Å². The number of hydrogen-bond acceptors (Lipinski definition) is 13. The van der Waals surface area contributed by atoms with E-state index in [-0.39, 0.29) is 5.89 Å². The van der Waals surface area contributed by atoms with Gasteiger partial charge in [-0.3, -0.25) is 18.5 Å². The number of ether oxygens (including phenoxy) is 1. The zero-order chi connectivity index (χ0) is 30.2. The summed E-state index contributed by atoms with van der Waals surface area (Å²) < 4.78 is 58.2. The van der Waals surface area contributed by atoms with E-state index in [0.29, 0.717) is 15.9 Å². The first-order chi connectivity index (χ1) is 19.1. The Balaban J connectivity index is 1.48. The number of hydrogen-bond donors (Lipinski definition) is 6. The molecule has 0 bridgehead atoms. The molecule has 1 saturated heterocycles. The maximum absolute atomic E-state index is 13.1. The molecule has 1 aliphatic heterocycles. The normalized spacial score (nSPS) is 24.1. The highest BCUT2D eigenvalue weighted by atomic mass is 31.3. The molecule has 41 heavy (non-hydrogen) atoms. The molecule has 4 rings (SSSR count). The molecule has 0 radical (unpaired) electrons. The molecule has 0 aliphatic carbocycles. The number of aliphatic hydroxyl groups excluding tert-OH is 2. The highest BCUT2D eigenvalue weighted by Gasteiger charge is 2.47. The lowest BCUT2D eigenvalue weighted by Crippen LogP contribution is -2.43. The number of phosphoric acid groups is 3. The van der Waals surface area contributed by atoms with Crippen LogP contribution in [0.15, 0.2) is 62.8 Å². The maximum atomic E-state index is 13.1. The summed E-state index contributed by atoms with van der Waals surface area (Å²) in [4.78, 5) is 65.6. The molecule has 1 aliphatic rings. The van der Waals surface area contributed by atoms with Gasteiger partial charge in [-0.1, -0.05) is 30.3 Å². The van der Waals surface area contributed by atoms with Crippen molar-refractivity contribution >= 4 is 23.5 Å². The van der Waals surface area contributed by atoms with Gasteiger partial charge in [0.05, 0.1) is 12.8 Å². The van der Waals surface area contributed by atoms with Crippen molar-refractivity contribution in [2.45, 2.75) is 31.1 Å². The fourth-order valence-corrected chi connectivity index (χ4v) is 6.72. The largest absolute Gasteiger partial charge is 0.490 e. The van der Waals surface area contributed by atoms with Crippen LogP contribution in [0.1, 0.15) is 12.1 Å². The van der Waals surface area contributed by atoms with Gasteiger partial charge in [-0.05, 0) is 0 Å². The summed E-state index contributed by atoms with van der Waals surface area (Å²) in [7, 11) is -17.0. The molecule has 22 heteroatoms. The van der Waals surface area contributed by atoms with Gasteiger partial charge in [-0.25, -0.2) is 23.5 Å². The maximum Gasteiger partial charge on any atom is 0.490 e. The molecule has 19 nitrogen and oxygen atoms in total. The Bertz CT molecular complexity index is 1650. The van der Waals surface area contributed by atoms with E-state index >= 15 is 0 Å². The Labute approximate surface area is 228 Å². The highest BCUT2D eigenvalue weighted by molar-refractivity contribution is 7.66.